The molecule has 1 aromatic carbocycles. The molecule has 4 rings (SSSR count). The van der Waals surface area contributed by atoms with E-state index in [1.165, 1.54) is 11.7 Å². The number of carboxylic acid groups (broad SMARTS) is 2. The molecule has 1 saturated carbocycles. The maximum Gasteiger partial charge on any atom is 0.407 e. The number of carbonyl (C=O) groups excluding carboxylic acids is 2. The molecule has 1 aliphatic heterocycles. The van der Waals surface area contributed by atoms with Gasteiger partial charge in [-0.2, -0.15) is 0 Å². The number of anilines is 1. The summed E-state index contributed by atoms with van der Waals surface area (Å²) >= 11 is 0. The van der Waals surface area contributed by atoms with E-state index in [9.17, 15) is 29.4 Å². The lowest BCUT2D eigenvalue weighted by atomic mass is 9.71. The summed E-state index contributed by atoms with van der Waals surface area (Å²) in [5.41, 5.74) is 1.05. The normalized spacial score (nSPS) is 23.3. The number of methoxy groups -OCH3 is 2. The number of Topliss-reactive ketones (excluding diaryl/α,β-unsaturated/α-hetero) is 1. The molecule has 2 aliphatic rings. The van der Waals surface area contributed by atoms with E-state index in [1.807, 2.05) is 19.1 Å². The number of benzene rings is 1. The topological polar surface area (TPSA) is 164 Å². The number of piperazine rings is 1. The van der Waals surface area contributed by atoms with Gasteiger partial charge in [0.05, 0.1) is 30.8 Å². The first-order valence-electron chi connectivity index (χ1n) is 14.5. The molecule has 1 atom stereocenters. The number of hydrogen-bond donors (Lipinski definition) is 3. The molecule has 1 aromatic heterocycles. The lowest BCUT2D eigenvalue weighted by Crippen LogP contribution is -2.52. The average Bonchev–Trinajstić information content (AvgIpc) is 3.32. The zero-order valence-corrected chi connectivity index (χ0v) is 25.4. The highest BCUT2D eigenvalue weighted by Crippen LogP contribution is 2.40. The molecule has 234 valence electrons. The number of aromatic nitrogens is 2. The Kier molecular flexibility index (Phi) is 9.75. The number of amides is 1. The number of imidazole rings is 1. The molecule has 2 heterocycles. The second-order valence-corrected chi connectivity index (χ2v) is 11.7. The van der Waals surface area contributed by atoms with Crippen molar-refractivity contribution >= 4 is 46.2 Å². The van der Waals surface area contributed by atoms with Gasteiger partial charge in [-0.25, -0.2) is 19.4 Å². The van der Waals surface area contributed by atoms with Gasteiger partial charge in [-0.3, -0.25) is 14.3 Å². The Hall–Kier alpha value is -3.97. The fraction of sp³-hybridized carbons (Fsp3) is 0.567. The first-order valence-corrected chi connectivity index (χ1v) is 14.5. The third kappa shape index (κ3) is 6.83. The molecule has 13 heteroatoms. The summed E-state index contributed by atoms with van der Waals surface area (Å²) in [7, 11) is 2.97. The molecule has 2 aromatic rings. The van der Waals surface area contributed by atoms with Gasteiger partial charge >= 0.3 is 18.0 Å². The maximum atomic E-state index is 14.2. The van der Waals surface area contributed by atoms with Crippen molar-refractivity contribution in [2.45, 2.75) is 58.5 Å². The second kappa shape index (κ2) is 13.1. The highest BCUT2D eigenvalue weighted by atomic mass is 16.5. The van der Waals surface area contributed by atoms with Crippen molar-refractivity contribution in [2.75, 3.05) is 51.9 Å². The molecule has 0 unspecified atom stereocenters. The Bertz CT molecular complexity index is 1430. The van der Waals surface area contributed by atoms with Crippen LogP contribution in [0.5, 0.6) is 0 Å². The summed E-state index contributed by atoms with van der Waals surface area (Å²) in [5.74, 6) is -3.45. The summed E-state index contributed by atoms with van der Waals surface area (Å²) in [6.07, 6.45) is 1.94. The van der Waals surface area contributed by atoms with Gasteiger partial charge in [0.1, 0.15) is 5.70 Å². The second-order valence-electron chi connectivity index (χ2n) is 11.7. The minimum Gasteiger partial charge on any atom is -0.478 e. The molecule has 0 radical (unpaired) electrons. The lowest BCUT2D eigenvalue weighted by molar-refractivity contribution is -0.133. The number of alkyl carbamates (subject to hydrolysis) is 1. The number of nitrogens with one attached hydrogen (secondary N) is 1. The SMILES string of the molecule is COCCN1CCN(c2cc3c(cc2C)nc(C(=O)C2(C)CCC(NC(=O)OC)CC2)n3/C(=C\C(=O)O)C(=O)O)[C@H](C)C1. The van der Waals surface area contributed by atoms with Crippen molar-refractivity contribution in [2.24, 2.45) is 5.41 Å². The Balaban J connectivity index is 1.77. The molecule has 1 aliphatic carbocycles. The zero-order valence-electron chi connectivity index (χ0n) is 25.4. The van der Waals surface area contributed by atoms with Crippen molar-refractivity contribution in [1.82, 2.24) is 19.8 Å². The largest absolute Gasteiger partial charge is 0.478 e. The highest BCUT2D eigenvalue weighted by molar-refractivity contribution is 6.17. The molecule has 1 amide bonds. The van der Waals surface area contributed by atoms with Gasteiger partial charge in [-0.15, -0.1) is 0 Å². The van der Waals surface area contributed by atoms with Crippen molar-refractivity contribution in [3.05, 3.63) is 29.6 Å². The van der Waals surface area contributed by atoms with Crippen LogP contribution in [0.3, 0.4) is 0 Å². The molecule has 2 fully saturated rings. The standard InChI is InChI=1S/C30H41N5O8/c1-18-14-21-23(15-22(18)34-11-10-33(12-13-42-4)17-19(34)2)35(24(28(39)40)16-25(36)37)27(32-21)26(38)30(3)8-6-20(7-9-30)31-29(41)43-5/h14-16,19-20H,6-13,17H2,1-5H3,(H,31,41)(H,36,37)(H,39,40)/b24-16-/t19-,20?,30?/m1/s1. The van der Waals surface area contributed by atoms with Gasteiger partial charge in [0.2, 0.25) is 5.78 Å². The zero-order chi connectivity index (χ0) is 31.5. The predicted octanol–water partition coefficient (Wildman–Crippen LogP) is 3.00. The minimum absolute atomic E-state index is 0.124. The molecular formula is C30H41N5O8. The Morgan fingerprint density at radius 2 is 1.84 bits per heavy atom. The fourth-order valence-corrected chi connectivity index (χ4v) is 6.20. The molecule has 0 bridgehead atoms. The quantitative estimate of drug-likeness (QED) is 0.272. The van der Waals surface area contributed by atoms with Crippen LogP contribution in [-0.4, -0.2) is 108 Å². The molecule has 1 saturated heterocycles. The highest BCUT2D eigenvalue weighted by Gasteiger charge is 2.41. The van der Waals surface area contributed by atoms with Crippen LogP contribution >= 0.6 is 0 Å². The Labute approximate surface area is 250 Å². The van der Waals surface area contributed by atoms with E-state index in [0.717, 1.165) is 37.4 Å². The van der Waals surface area contributed by atoms with E-state index in [2.05, 4.69) is 27.0 Å². The van der Waals surface area contributed by atoms with Gasteiger partial charge in [0.25, 0.3) is 0 Å². The number of hydrogen-bond acceptors (Lipinski definition) is 9. The van der Waals surface area contributed by atoms with Crippen LogP contribution in [0.4, 0.5) is 10.5 Å². The van der Waals surface area contributed by atoms with Crippen LogP contribution in [0, 0.1) is 12.3 Å². The number of aliphatic carboxylic acids is 2. The summed E-state index contributed by atoms with van der Waals surface area (Å²) in [6, 6.07) is 3.62. The molecule has 43 heavy (non-hydrogen) atoms. The van der Waals surface area contributed by atoms with Crippen LogP contribution in [0.25, 0.3) is 16.7 Å². The number of ketones is 1. The first kappa shape index (κ1) is 32.0. The van der Waals surface area contributed by atoms with Crippen LogP contribution < -0.4 is 10.2 Å². The van der Waals surface area contributed by atoms with Gasteiger partial charge in [0.15, 0.2) is 5.82 Å². The smallest absolute Gasteiger partial charge is 0.407 e. The lowest BCUT2D eigenvalue weighted by Gasteiger charge is -2.42. The van der Waals surface area contributed by atoms with Crippen LogP contribution in [-0.2, 0) is 19.1 Å². The summed E-state index contributed by atoms with van der Waals surface area (Å²) < 4.78 is 11.1. The Morgan fingerprint density at radius 3 is 2.42 bits per heavy atom. The van der Waals surface area contributed by atoms with E-state index < -0.39 is 29.1 Å². The number of fused-ring (bicyclic) bond motifs is 1. The number of aryl methyl sites for hydroxylation is 1. The molecule has 0 spiro atoms. The van der Waals surface area contributed by atoms with E-state index in [-0.39, 0.29) is 23.7 Å². The molecule has 3 N–H and O–H groups in total. The maximum absolute atomic E-state index is 14.2. The summed E-state index contributed by atoms with van der Waals surface area (Å²) in [6.45, 7) is 9.69. The molecular weight excluding hydrogens is 558 g/mol. The third-order valence-electron chi connectivity index (χ3n) is 8.67. The van der Waals surface area contributed by atoms with Gasteiger partial charge in [-0.05, 0) is 57.2 Å². The van der Waals surface area contributed by atoms with E-state index in [0.29, 0.717) is 49.4 Å². The summed E-state index contributed by atoms with van der Waals surface area (Å²) in [5, 5.41) is 22.4. The van der Waals surface area contributed by atoms with Crippen LogP contribution in [0.2, 0.25) is 0 Å². The fourth-order valence-electron chi connectivity index (χ4n) is 6.20. The van der Waals surface area contributed by atoms with Crippen molar-refractivity contribution < 1.29 is 38.9 Å². The van der Waals surface area contributed by atoms with Crippen molar-refractivity contribution in [3.8, 4) is 0 Å². The Morgan fingerprint density at radius 1 is 1.14 bits per heavy atom. The number of carbonyl (C=O) groups is 4. The third-order valence-corrected chi connectivity index (χ3v) is 8.67. The van der Waals surface area contributed by atoms with E-state index in [1.54, 1.807) is 14.0 Å². The number of rotatable bonds is 10. The van der Waals surface area contributed by atoms with Crippen molar-refractivity contribution in [3.63, 3.8) is 0 Å². The predicted molar refractivity (Wildman–Crippen MR) is 159 cm³/mol. The van der Waals surface area contributed by atoms with E-state index >= 15 is 0 Å². The molecule has 13 nitrogen and oxygen atoms in total. The van der Waals surface area contributed by atoms with Crippen molar-refractivity contribution in [1.29, 1.82) is 0 Å². The monoisotopic (exact) mass is 599 g/mol. The van der Waals surface area contributed by atoms with Gasteiger partial charge in [-0.1, -0.05) is 6.92 Å². The number of nitrogens with zero attached hydrogens (tertiary/aromatic N) is 4. The average molecular weight is 600 g/mol. The number of ether oxygens (including phenoxy) is 2. The number of carboxylic acids is 2. The first-order chi connectivity index (χ1) is 20.4. The van der Waals surface area contributed by atoms with Gasteiger partial charge < -0.3 is 29.9 Å². The summed E-state index contributed by atoms with van der Waals surface area (Å²) in [4.78, 5) is 59.2. The van der Waals surface area contributed by atoms with Crippen LogP contribution in [0.15, 0.2) is 18.2 Å². The van der Waals surface area contributed by atoms with Gasteiger partial charge in [0, 0.05) is 56.5 Å². The minimum atomic E-state index is -1.49. The van der Waals surface area contributed by atoms with E-state index in [4.69, 9.17) is 9.47 Å². The van der Waals surface area contributed by atoms with Crippen LogP contribution in [0.1, 0.15) is 55.7 Å².